The second-order valence-electron chi connectivity index (χ2n) is 3.92. The molecule has 0 saturated carbocycles. The molecular formula is C12H14BNO2. The molecule has 2 aromatic rings. The lowest BCUT2D eigenvalue weighted by Gasteiger charge is -2.10. The first-order valence-electron chi connectivity index (χ1n) is 5.21. The van der Waals surface area contributed by atoms with Gasteiger partial charge in [0.15, 0.2) is 0 Å². The van der Waals surface area contributed by atoms with Crippen molar-refractivity contribution in [2.75, 3.05) is 0 Å². The van der Waals surface area contributed by atoms with E-state index in [0.717, 1.165) is 17.1 Å². The maximum absolute atomic E-state index is 9.13. The summed E-state index contributed by atoms with van der Waals surface area (Å²) < 4.78 is 2.08. The Morgan fingerprint density at radius 2 is 1.62 bits per heavy atom. The van der Waals surface area contributed by atoms with E-state index in [0.29, 0.717) is 5.46 Å². The number of aromatic nitrogens is 1. The molecule has 0 bridgehead atoms. The Kier molecular flexibility index (Phi) is 2.85. The van der Waals surface area contributed by atoms with Crippen LogP contribution in [0.3, 0.4) is 0 Å². The average molecular weight is 215 g/mol. The van der Waals surface area contributed by atoms with Gasteiger partial charge in [0.1, 0.15) is 0 Å². The Morgan fingerprint density at radius 3 is 2.19 bits per heavy atom. The molecule has 0 aliphatic carbocycles. The molecule has 2 rings (SSSR count). The first kappa shape index (κ1) is 11.0. The molecule has 82 valence electrons. The summed E-state index contributed by atoms with van der Waals surface area (Å²) in [6.45, 7) is 4.05. The van der Waals surface area contributed by atoms with E-state index in [4.69, 9.17) is 10.0 Å². The topological polar surface area (TPSA) is 45.4 Å². The third-order valence-corrected chi connectivity index (χ3v) is 2.70. The van der Waals surface area contributed by atoms with Crippen molar-refractivity contribution in [3.05, 3.63) is 47.8 Å². The number of hydrogen-bond donors (Lipinski definition) is 2. The Balaban J connectivity index is 2.52. The van der Waals surface area contributed by atoms with E-state index in [-0.39, 0.29) is 0 Å². The zero-order chi connectivity index (χ0) is 11.7. The number of hydrogen-bond acceptors (Lipinski definition) is 2. The molecule has 0 atom stereocenters. The van der Waals surface area contributed by atoms with Crippen molar-refractivity contribution in [1.82, 2.24) is 4.57 Å². The highest BCUT2D eigenvalue weighted by atomic mass is 16.4. The van der Waals surface area contributed by atoms with E-state index in [1.54, 1.807) is 12.1 Å². The molecule has 16 heavy (non-hydrogen) atoms. The summed E-state index contributed by atoms with van der Waals surface area (Å²) in [6.07, 6.45) is 0. The van der Waals surface area contributed by atoms with Gasteiger partial charge < -0.3 is 14.6 Å². The predicted molar refractivity (Wildman–Crippen MR) is 65.1 cm³/mol. The van der Waals surface area contributed by atoms with Crippen molar-refractivity contribution in [2.45, 2.75) is 13.8 Å². The van der Waals surface area contributed by atoms with Crippen LogP contribution in [0.1, 0.15) is 11.4 Å². The standard InChI is InChI=1S/C12H14BNO2/c1-9-6-7-10(2)14(9)12-5-3-4-11(8-12)13(15)16/h3-8,15-16H,1-2H3. The molecule has 0 amide bonds. The fourth-order valence-electron chi connectivity index (χ4n) is 1.90. The molecule has 0 radical (unpaired) electrons. The smallest absolute Gasteiger partial charge is 0.423 e. The summed E-state index contributed by atoms with van der Waals surface area (Å²) in [6, 6.07) is 11.3. The second-order valence-corrected chi connectivity index (χ2v) is 3.92. The van der Waals surface area contributed by atoms with Crippen molar-refractivity contribution in [3.63, 3.8) is 0 Å². The van der Waals surface area contributed by atoms with E-state index in [2.05, 4.69) is 4.57 Å². The molecule has 0 spiro atoms. The van der Waals surface area contributed by atoms with Crippen LogP contribution < -0.4 is 5.46 Å². The van der Waals surface area contributed by atoms with Crippen LogP contribution in [-0.2, 0) is 0 Å². The first-order valence-corrected chi connectivity index (χ1v) is 5.21. The van der Waals surface area contributed by atoms with Crippen LogP contribution in [0, 0.1) is 13.8 Å². The van der Waals surface area contributed by atoms with Gasteiger partial charge in [0.05, 0.1) is 0 Å². The summed E-state index contributed by atoms with van der Waals surface area (Å²) in [5, 5.41) is 18.3. The van der Waals surface area contributed by atoms with Gasteiger partial charge in [-0.05, 0) is 43.6 Å². The molecule has 1 aromatic carbocycles. The fourth-order valence-corrected chi connectivity index (χ4v) is 1.90. The van der Waals surface area contributed by atoms with Crippen LogP contribution in [-0.4, -0.2) is 21.7 Å². The van der Waals surface area contributed by atoms with Crippen LogP contribution in [0.25, 0.3) is 5.69 Å². The van der Waals surface area contributed by atoms with Crippen molar-refractivity contribution in [2.24, 2.45) is 0 Å². The van der Waals surface area contributed by atoms with Gasteiger partial charge in [-0.15, -0.1) is 0 Å². The maximum atomic E-state index is 9.13. The van der Waals surface area contributed by atoms with E-state index >= 15 is 0 Å². The summed E-state index contributed by atoms with van der Waals surface area (Å²) in [5.41, 5.74) is 3.71. The summed E-state index contributed by atoms with van der Waals surface area (Å²) in [7, 11) is -1.42. The Morgan fingerprint density at radius 1 is 1.00 bits per heavy atom. The quantitative estimate of drug-likeness (QED) is 0.727. The highest BCUT2D eigenvalue weighted by Gasteiger charge is 2.12. The van der Waals surface area contributed by atoms with Crippen LogP contribution >= 0.6 is 0 Å². The van der Waals surface area contributed by atoms with Gasteiger partial charge in [-0.2, -0.15) is 0 Å². The normalized spacial score (nSPS) is 10.5. The minimum absolute atomic E-state index is 0.505. The van der Waals surface area contributed by atoms with E-state index in [9.17, 15) is 0 Å². The third kappa shape index (κ3) is 1.89. The monoisotopic (exact) mass is 215 g/mol. The van der Waals surface area contributed by atoms with Crippen LogP contribution in [0.15, 0.2) is 36.4 Å². The van der Waals surface area contributed by atoms with Gasteiger partial charge >= 0.3 is 7.12 Å². The zero-order valence-corrected chi connectivity index (χ0v) is 9.38. The zero-order valence-electron chi connectivity index (χ0n) is 9.38. The van der Waals surface area contributed by atoms with Gasteiger partial charge in [0.25, 0.3) is 0 Å². The first-order chi connectivity index (χ1) is 7.59. The van der Waals surface area contributed by atoms with E-state index in [1.807, 2.05) is 38.1 Å². The van der Waals surface area contributed by atoms with Crippen molar-refractivity contribution < 1.29 is 10.0 Å². The molecule has 2 N–H and O–H groups in total. The molecule has 0 aliphatic rings. The van der Waals surface area contributed by atoms with Gasteiger partial charge in [-0.3, -0.25) is 0 Å². The number of benzene rings is 1. The number of rotatable bonds is 2. The second kappa shape index (κ2) is 4.16. The van der Waals surface area contributed by atoms with Crippen LogP contribution in [0.5, 0.6) is 0 Å². The lowest BCUT2D eigenvalue weighted by Crippen LogP contribution is -2.30. The Hall–Kier alpha value is -1.52. The summed E-state index contributed by atoms with van der Waals surface area (Å²) in [5.74, 6) is 0. The lowest BCUT2D eigenvalue weighted by atomic mass is 9.80. The molecule has 4 heteroatoms. The SMILES string of the molecule is Cc1ccc(C)n1-c1cccc(B(O)O)c1. The molecule has 0 fully saturated rings. The maximum Gasteiger partial charge on any atom is 0.488 e. The third-order valence-electron chi connectivity index (χ3n) is 2.70. The highest BCUT2D eigenvalue weighted by molar-refractivity contribution is 6.58. The minimum atomic E-state index is -1.42. The fraction of sp³-hybridized carbons (Fsp3) is 0.167. The molecule has 0 saturated heterocycles. The van der Waals surface area contributed by atoms with Gasteiger partial charge in [0.2, 0.25) is 0 Å². The molecular weight excluding hydrogens is 201 g/mol. The Labute approximate surface area is 95.1 Å². The minimum Gasteiger partial charge on any atom is -0.423 e. The highest BCUT2D eigenvalue weighted by Crippen LogP contribution is 2.14. The predicted octanol–water partition coefficient (Wildman–Crippen LogP) is 0.774. The molecule has 3 nitrogen and oxygen atoms in total. The van der Waals surface area contributed by atoms with Crippen molar-refractivity contribution in [3.8, 4) is 5.69 Å². The average Bonchev–Trinajstić information content (AvgIpc) is 2.59. The number of aryl methyl sites for hydroxylation is 2. The Bertz CT molecular complexity index is 486. The van der Waals surface area contributed by atoms with E-state index < -0.39 is 7.12 Å². The summed E-state index contributed by atoms with van der Waals surface area (Å²) >= 11 is 0. The lowest BCUT2D eigenvalue weighted by molar-refractivity contribution is 0.426. The molecule has 1 heterocycles. The number of nitrogens with zero attached hydrogens (tertiary/aromatic N) is 1. The largest absolute Gasteiger partial charge is 0.488 e. The van der Waals surface area contributed by atoms with Crippen LogP contribution in [0.4, 0.5) is 0 Å². The van der Waals surface area contributed by atoms with Gasteiger partial charge in [-0.25, -0.2) is 0 Å². The van der Waals surface area contributed by atoms with Gasteiger partial charge in [-0.1, -0.05) is 12.1 Å². The van der Waals surface area contributed by atoms with Crippen molar-refractivity contribution in [1.29, 1.82) is 0 Å². The van der Waals surface area contributed by atoms with E-state index in [1.165, 1.54) is 0 Å². The van der Waals surface area contributed by atoms with Crippen LogP contribution in [0.2, 0.25) is 0 Å². The van der Waals surface area contributed by atoms with Gasteiger partial charge in [0, 0.05) is 17.1 Å². The molecule has 1 aromatic heterocycles. The summed E-state index contributed by atoms with van der Waals surface area (Å²) in [4.78, 5) is 0. The molecule has 0 unspecified atom stereocenters. The molecule has 0 aliphatic heterocycles. The van der Waals surface area contributed by atoms with Crippen molar-refractivity contribution >= 4 is 12.6 Å².